The van der Waals surface area contributed by atoms with Crippen LogP contribution in [0.3, 0.4) is 0 Å². The molecular weight excluding hydrogens is 258 g/mol. The molecule has 5 N–H and O–H groups in total. The molecule has 0 aromatic heterocycles. The summed E-state index contributed by atoms with van der Waals surface area (Å²) in [6.07, 6.45) is 1.01. The SMILES string of the molecule is NC(=O)C(C(=O)O)C1(C(C(=O)O)C(=O)O)CCCC1. The van der Waals surface area contributed by atoms with Gasteiger partial charge in [-0.05, 0) is 12.8 Å². The molecule has 1 unspecified atom stereocenters. The maximum absolute atomic E-state index is 11.3. The summed E-state index contributed by atoms with van der Waals surface area (Å²) in [5.41, 5.74) is 3.38. The van der Waals surface area contributed by atoms with E-state index in [0.717, 1.165) is 0 Å². The Labute approximate surface area is 108 Å². The van der Waals surface area contributed by atoms with Crippen LogP contribution >= 0.6 is 0 Å². The van der Waals surface area contributed by atoms with E-state index < -0.39 is 41.1 Å². The van der Waals surface area contributed by atoms with Gasteiger partial charge in [0.1, 0.15) is 5.92 Å². The summed E-state index contributed by atoms with van der Waals surface area (Å²) in [5, 5.41) is 27.2. The highest BCUT2D eigenvalue weighted by Crippen LogP contribution is 2.50. The number of hydrogen-bond donors (Lipinski definition) is 4. The lowest BCUT2D eigenvalue weighted by molar-refractivity contribution is -0.168. The van der Waals surface area contributed by atoms with Crippen molar-refractivity contribution in [1.82, 2.24) is 0 Å². The number of carboxylic acids is 3. The summed E-state index contributed by atoms with van der Waals surface area (Å²) in [5.74, 6) is -9.86. The van der Waals surface area contributed by atoms with Gasteiger partial charge < -0.3 is 21.1 Å². The van der Waals surface area contributed by atoms with Gasteiger partial charge in [0.05, 0.1) is 0 Å². The zero-order valence-corrected chi connectivity index (χ0v) is 10.0. The van der Waals surface area contributed by atoms with Gasteiger partial charge in [0.15, 0.2) is 5.92 Å². The number of nitrogens with two attached hydrogens (primary N) is 1. The molecule has 106 valence electrons. The first-order chi connectivity index (χ1) is 8.74. The summed E-state index contributed by atoms with van der Waals surface area (Å²) in [4.78, 5) is 44.8. The fourth-order valence-corrected chi connectivity index (χ4v) is 3.03. The monoisotopic (exact) mass is 273 g/mol. The summed E-state index contributed by atoms with van der Waals surface area (Å²) >= 11 is 0. The predicted octanol–water partition coefficient (Wildman–Crippen LogP) is -0.482. The van der Waals surface area contributed by atoms with E-state index >= 15 is 0 Å². The highest BCUT2D eigenvalue weighted by atomic mass is 16.4. The molecule has 1 aliphatic rings. The minimum absolute atomic E-state index is 0.0379. The first-order valence-electron chi connectivity index (χ1n) is 5.72. The molecule has 0 spiro atoms. The molecule has 0 heterocycles. The smallest absolute Gasteiger partial charge is 0.318 e. The third kappa shape index (κ3) is 2.51. The molecule has 1 rings (SSSR count). The standard InChI is InChI=1S/C11H15NO7/c12-7(13)5(8(14)15)11(3-1-2-4-11)6(9(16)17)10(18)19/h5-6H,1-4H2,(H2,12,13)(H,14,15)(H,16,17)(H,18,19). The summed E-state index contributed by atoms with van der Waals surface area (Å²) < 4.78 is 0. The molecule has 0 saturated heterocycles. The summed E-state index contributed by atoms with van der Waals surface area (Å²) in [6, 6.07) is 0. The molecule has 1 atom stereocenters. The van der Waals surface area contributed by atoms with E-state index in [1.807, 2.05) is 0 Å². The van der Waals surface area contributed by atoms with Gasteiger partial charge in [-0.15, -0.1) is 0 Å². The Bertz CT molecular complexity index is 363. The Morgan fingerprint density at radius 1 is 0.842 bits per heavy atom. The van der Waals surface area contributed by atoms with Crippen molar-refractivity contribution in [3.05, 3.63) is 0 Å². The van der Waals surface area contributed by atoms with Crippen LogP contribution in [0.5, 0.6) is 0 Å². The Morgan fingerprint density at radius 2 is 1.21 bits per heavy atom. The number of carbonyl (C=O) groups excluding carboxylic acids is 1. The highest BCUT2D eigenvalue weighted by molar-refractivity contribution is 6.01. The molecule has 1 amide bonds. The van der Waals surface area contributed by atoms with Crippen molar-refractivity contribution in [3.63, 3.8) is 0 Å². The average molecular weight is 273 g/mol. The van der Waals surface area contributed by atoms with Crippen LogP contribution in [-0.4, -0.2) is 39.1 Å². The maximum Gasteiger partial charge on any atom is 0.318 e. The minimum Gasteiger partial charge on any atom is -0.481 e. The molecule has 0 bridgehead atoms. The number of carboxylic acid groups (broad SMARTS) is 3. The molecule has 0 aliphatic heterocycles. The average Bonchev–Trinajstić information content (AvgIpc) is 2.64. The molecule has 1 saturated carbocycles. The quantitative estimate of drug-likeness (QED) is 0.476. The van der Waals surface area contributed by atoms with E-state index in [1.165, 1.54) is 0 Å². The fraction of sp³-hybridized carbons (Fsp3) is 0.636. The van der Waals surface area contributed by atoms with Gasteiger partial charge in [-0.25, -0.2) is 0 Å². The van der Waals surface area contributed by atoms with Crippen molar-refractivity contribution >= 4 is 23.8 Å². The van der Waals surface area contributed by atoms with Crippen LogP contribution < -0.4 is 5.73 Å². The van der Waals surface area contributed by atoms with E-state index in [2.05, 4.69) is 0 Å². The van der Waals surface area contributed by atoms with Gasteiger partial charge in [-0.3, -0.25) is 19.2 Å². The predicted molar refractivity (Wildman–Crippen MR) is 60.0 cm³/mol. The number of rotatable bonds is 6. The van der Waals surface area contributed by atoms with Gasteiger partial charge in [-0.2, -0.15) is 0 Å². The number of amides is 1. The van der Waals surface area contributed by atoms with Crippen LogP contribution in [0.4, 0.5) is 0 Å². The van der Waals surface area contributed by atoms with Gasteiger partial charge in [0, 0.05) is 5.41 Å². The molecule has 1 fully saturated rings. The molecule has 19 heavy (non-hydrogen) atoms. The minimum atomic E-state index is -1.96. The van der Waals surface area contributed by atoms with E-state index in [4.69, 9.17) is 21.1 Å². The van der Waals surface area contributed by atoms with Gasteiger partial charge in [-0.1, -0.05) is 12.8 Å². The normalized spacial score (nSPS) is 19.0. The highest BCUT2D eigenvalue weighted by Gasteiger charge is 2.58. The maximum atomic E-state index is 11.3. The van der Waals surface area contributed by atoms with Crippen LogP contribution in [-0.2, 0) is 19.2 Å². The van der Waals surface area contributed by atoms with Gasteiger partial charge >= 0.3 is 17.9 Å². The van der Waals surface area contributed by atoms with Crippen molar-refractivity contribution in [2.75, 3.05) is 0 Å². The van der Waals surface area contributed by atoms with E-state index in [-0.39, 0.29) is 12.8 Å². The first kappa shape index (κ1) is 14.9. The number of primary amides is 1. The van der Waals surface area contributed by atoms with Crippen LogP contribution in [0.15, 0.2) is 0 Å². The Hall–Kier alpha value is -2.12. The lowest BCUT2D eigenvalue weighted by Crippen LogP contribution is -2.51. The third-order valence-electron chi connectivity index (χ3n) is 3.71. The largest absolute Gasteiger partial charge is 0.481 e. The molecule has 8 nitrogen and oxygen atoms in total. The zero-order chi connectivity index (χ0) is 14.8. The van der Waals surface area contributed by atoms with Crippen LogP contribution in [0.2, 0.25) is 0 Å². The van der Waals surface area contributed by atoms with Crippen molar-refractivity contribution in [3.8, 4) is 0 Å². The summed E-state index contributed by atoms with van der Waals surface area (Å²) in [7, 11) is 0. The van der Waals surface area contributed by atoms with Gasteiger partial charge in [0.25, 0.3) is 0 Å². The summed E-state index contributed by atoms with van der Waals surface area (Å²) in [6.45, 7) is 0. The van der Waals surface area contributed by atoms with Crippen molar-refractivity contribution in [1.29, 1.82) is 0 Å². The van der Waals surface area contributed by atoms with E-state index in [9.17, 15) is 19.2 Å². The number of aliphatic carboxylic acids is 3. The third-order valence-corrected chi connectivity index (χ3v) is 3.71. The van der Waals surface area contributed by atoms with E-state index in [0.29, 0.717) is 12.8 Å². The van der Waals surface area contributed by atoms with Crippen molar-refractivity contribution in [2.45, 2.75) is 25.7 Å². The second-order valence-corrected chi connectivity index (χ2v) is 4.72. The Balaban J connectivity index is 3.37. The van der Waals surface area contributed by atoms with Gasteiger partial charge in [0.2, 0.25) is 5.91 Å². The van der Waals surface area contributed by atoms with Crippen molar-refractivity contribution < 1.29 is 34.5 Å². The van der Waals surface area contributed by atoms with Crippen LogP contribution in [0, 0.1) is 17.3 Å². The zero-order valence-electron chi connectivity index (χ0n) is 10.0. The van der Waals surface area contributed by atoms with Crippen LogP contribution in [0.1, 0.15) is 25.7 Å². The molecular formula is C11H15NO7. The topological polar surface area (TPSA) is 155 Å². The fourth-order valence-electron chi connectivity index (χ4n) is 3.03. The molecule has 0 aromatic rings. The molecule has 8 heteroatoms. The van der Waals surface area contributed by atoms with Crippen LogP contribution in [0.25, 0.3) is 0 Å². The molecule has 1 aliphatic carbocycles. The second-order valence-electron chi connectivity index (χ2n) is 4.72. The van der Waals surface area contributed by atoms with E-state index in [1.54, 1.807) is 0 Å². The lowest BCUT2D eigenvalue weighted by Gasteiger charge is -2.36. The first-order valence-corrected chi connectivity index (χ1v) is 5.72. The Kier molecular flexibility index (Phi) is 4.13. The number of hydrogen-bond acceptors (Lipinski definition) is 4. The molecule has 0 aromatic carbocycles. The number of carbonyl (C=O) groups is 4. The molecule has 0 radical (unpaired) electrons. The lowest BCUT2D eigenvalue weighted by atomic mass is 9.64. The van der Waals surface area contributed by atoms with Crippen molar-refractivity contribution in [2.24, 2.45) is 23.0 Å². The second kappa shape index (κ2) is 5.25. The Morgan fingerprint density at radius 3 is 1.47 bits per heavy atom.